The highest BCUT2D eigenvalue weighted by Gasteiger charge is 2.19. The van der Waals surface area contributed by atoms with Crippen LogP contribution < -0.4 is 4.90 Å². The third-order valence-corrected chi connectivity index (χ3v) is 2.12. The van der Waals surface area contributed by atoms with Crippen LogP contribution in [-0.2, 0) is 6.42 Å². The number of para-hydroxylation sites is 1. The van der Waals surface area contributed by atoms with Crippen molar-refractivity contribution in [3.8, 4) is 0 Å². The maximum atomic E-state index is 7.57. The Morgan fingerprint density at radius 1 is 1.33 bits per heavy atom. The van der Waals surface area contributed by atoms with Crippen molar-refractivity contribution in [1.82, 2.24) is 0 Å². The second-order valence-corrected chi connectivity index (χ2v) is 2.81. The predicted molar refractivity (Wildman–Crippen MR) is 53.5 cm³/mol. The van der Waals surface area contributed by atoms with Crippen LogP contribution in [0.2, 0.25) is 0 Å². The van der Waals surface area contributed by atoms with Crippen LogP contribution in [0.15, 0.2) is 24.3 Å². The minimum atomic E-state index is 0. The molecule has 1 N–H and O–H groups in total. The fourth-order valence-corrected chi connectivity index (χ4v) is 1.43. The molecule has 1 aliphatic rings. The van der Waals surface area contributed by atoms with E-state index in [4.69, 9.17) is 5.41 Å². The van der Waals surface area contributed by atoms with E-state index in [1.54, 1.807) is 0 Å². The first-order valence-corrected chi connectivity index (χ1v) is 3.68. The highest BCUT2D eigenvalue weighted by molar-refractivity contribution is 6.02. The highest BCUT2D eigenvalue weighted by atomic mass is 35.5. The van der Waals surface area contributed by atoms with Crippen LogP contribution in [0.4, 0.5) is 5.69 Å². The van der Waals surface area contributed by atoms with Gasteiger partial charge >= 0.3 is 0 Å². The third-order valence-electron chi connectivity index (χ3n) is 2.12. The maximum Gasteiger partial charge on any atom is 0.105 e. The van der Waals surface area contributed by atoms with Crippen molar-refractivity contribution in [2.75, 3.05) is 11.9 Å². The molecule has 1 aromatic rings. The van der Waals surface area contributed by atoms with E-state index in [0.29, 0.717) is 5.84 Å². The lowest BCUT2D eigenvalue weighted by Crippen LogP contribution is -2.19. The van der Waals surface area contributed by atoms with E-state index < -0.39 is 0 Å². The summed E-state index contributed by atoms with van der Waals surface area (Å²) in [5.74, 6) is 0.686. The quantitative estimate of drug-likeness (QED) is 0.654. The van der Waals surface area contributed by atoms with Crippen molar-refractivity contribution >= 4 is 23.9 Å². The number of amidine groups is 1. The van der Waals surface area contributed by atoms with Gasteiger partial charge < -0.3 is 4.90 Å². The van der Waals surface area contributed by atoms with Crippen molar-refractivity contribution < 1.29 is 0 Å². The zero-order chi connectivity index (χ0) is 7.84. The number of rotatable bonds is 0. The van der Waals surface area contributed by atoms with Crippen LogP contribution in [0, 0.1) is 5.41 Å². The molecule has 0 saturated heterocycles. The number of likely N-dealkylation sites (N-methyl/N-ethyl adjacent to an activating group) is 1. The van der Waals surface area contributed by atoms with Crippen LogP contribution in [0.1, 0.15) is 5.56 Å². The molecule has 0 atom stereocenters. The highest BCUT2D eigenvalue weighted by Crippen LogP contribution is 2.26. The Bertz CT molecular complexity index is 309. The average Bonchev–Trinajstić information content (AvgIpc) is 2.30. The van der Waals surface area contributed by atoms with Gasteiger partial charge in [0.2, 0.25) is 0 Å². The van der Waals surface area contributed by atoms with E-state index >= 15 is 0 Å². The average molecular weight is 183 g/mol. The van der Waals surface area contributed by atoms with Crippen LogP contribution in [0.5, 0.6) is 0 Å². The molecule has 1 aliphatic heterocycles. The Morgan fingerprint density at radius 3 is 2.67 bits per heavy atom. The summed E-state index contributed by atoms with van der Waals surface area (Å²) in [4.78, 5) is 1.93. The zero-order valence-corrected chi connectivity index (χ0v) is 7.69. The van der Waals surface area contributed by atoms with Gasteiger partial charge in [-0.3, -0.25) is 5.41 Å². The van der Waals surface area contributed by atoms with Crippen molar-refractivity contribution in [2.45, 2.75) is 6.42 Å². The molecule has 0 saturated carbocycles. The number of benzene rings is 1. The van der Waals surface area contributed by atoms with Gasteiger partial charge in [0, 0.05) is 19.2 Å². The molecule has 0 spiro atoms. The lowest BCUT2D eigenvalue weighted by Gasteiger charge is -2.10. The fourth-order valence-electron chi connectivity index (χ4n) is 1.43. The van der Waals surface area contributed by atoms with Gasteiger partial charge in [-0.05, 0) is 11.6 Å². The van der Waals surface area contributed by atoms with Crippen LogP contribution in [0.3, 0.4) is 0 Å². The number of anilines is 1. The molecule has 0 bridgehead atoms. The minimum absolute atomic E-state index is 0. The zero-order valence-electron chi connectivity index (χ0n) is 6.87. The topological polar surface area (TPSA) is 27.1 Å². The summed E-state index contributed by atoms with van der Waals surface area (Å²) in [6.07, 6.45) is 0.784. The van der Waals surface area contributed by atoms with Crippen LogP contribution in [-0.4, -0.2) is 12.9 Å². The number of hydrogen-bond donors (Lipinski definition) is 1. The van der Waals surface area contributed by atoms with Crippen LogP contribution in [0.25, 0.3) is 0 Å². The Morgan fingerprint density at radius 2 is 2.00 bits per heavy atom. The number of halogens is 1. The molecule has 2 nitrogen and oxygen atoms in total. The molecule has 0 radical (unpaired) electrons. The molecule has 64 valence electrons. The standard InChI is InChI=1S/C9H10N2.ClH/c1-11-8-5-3-2-4-7(8)6-9(11)10;/h2-5,10H,6H2,1H3;1H. The molecule has 0 fully saturated rings. The van der Waals surface area contributed by atoms with E-state index in [0.717, 1.165) is 6.42 Å². The van der Waals surface area contributed by atoms with E-state index in [9.17, 15) is 0 Å². The second kappa shape index (κ2) is 3.15. The smallest absolute Gasteiger partial charge is 0.105 e. The minimum Gasteiger partial charge on any atom is -0.333 e. The number of hydrogen-bond acceptors (Lipinski definition) is 1. The molecule has 0 aromatic heterocycles. The SMILES string of the molecule is CN1C(=N)Cc2ccccc21.Cl. The molecule has 1 aromatic carbocycles. The molecular weight excluding hydrogens is 172 g/mol. The van der Waals surface area contributed by atoms with Gasteiger partial charge in [0.1, 0.15) is 5.84 Å². The van der Waals surface area contributed by atoms with Crippen molar-refractivity contribution in [3.05, 3.63) is 29.8 Å². The van der Waals surface area contributed by atoms with Crippen molar-refractivity contribution in [3.63, 3.8) is 0 Å². The summed E-state index contributed by atoms with van der Waals surface area (Å²) in [5, 5.41) is 7.57. The van der Waals surface area contributed by atoms with Crippen molar-refractivity contribution in [2.24, 2.45) is 0 Å². The van der Waals surface area contributed by atoms with E-state index in [2.05, 4.69) is 12.1 Å². The summed E-state index contributed by atoms with van der Waals surface area (Å²) in [7, 11) is 1.94. The molecule has 0 aliphatic carbocycles. The first-order valence-electron chi connectivity index (χ1n) is 3.68. The summed E-state index contributed by atoms with van der Waals surface area (Å²) in [5.41, 5.74) is 2.44. The molecule has 3 heteroatoms. The Balaban J connectivity index is 0.000000720. The first-order chi connectivity index (χ1) is 5.29. The fraction of sp³-hybridized carbons (Fsp3) is 0.222. The largest absolute Gasteiger partial charge is 0.333 e. The van der Waals surface area contributed by atoms with E-state index in [1.807, 2.05) is 24.1 Å². The number of fused-ring (bicyclic) bond motifs is 1. The monoisotopic (exact) mass is 182 g/mol. The molecule has 1 heterocycles. The molecule has 0 unspecified atom stereocenters. The van der Waals surface area contributed by atoms with Gasteiger partial charge in [-0.1, -0.05) is 18.2 Å². The van der Waals surface area contributed by atoms with Gasteiger partial charge in [0.15, 0.2) is 0 Å². The van der Waals surface area contributed by atoms with E-state index in [-0.39, 0.29) is 12.4 Å². The maximum absolute atomic E-state index is 7.57. The molecule has 0 amide bonds. The summed E-state index contributed by atoms with van der Waals surface area (Å²) < 4.78 is 0. The lowest BCUT2D eigenvalue weighted by molar-refractivity contribution is 1.24. The Hall–Kier alpha value is -1.02. The van der Waals surface area contributed by atoms with Gasteiger partial charge in [-0.25, -0.2) is 0 Å². The first kappa shape index (κ1) is 9.07. The van der Waals surface area contributed by atoms with E-state index in [1.165, 1.54) is 11.3 Å². The van der Waals surface area contributed by atoms with Crippen LogP contribution >= 0.6 is 12.4 Å². The predicted octanol–water partition coefficient (Wildman–Crippen LogP) is 2.08. The Labute approximate surface area is 78.1 Å². The second-order valence-electron chi connectivity index (χ2n) is 2.81. The summed E-state index contributed by atoms with van der Waals surface area (Å²) >= 11 is 0. The van der Waals surface area contributed by atoms with Gasteiger partial charge in [-0.2, -0.15) is 0 Å². The van der Waals surface area contributed by atoms with Crippen molar-refractivity contribution in [1.29, 1.82) is 5.41 Å². The van der Waals surface area contributed by atoms with Gasteiger partial charge in [0.05, 0.1) is 0 Å². The third kappa shape index (κ3) is 1.18. The van der Waals surface area contributed by atoms with Gasteiger partial charge in [-0.15, -0.1) is 12.4 Å². The number of nitrogens with zero attached hydrogens (tertiary/aromatic N) is 1. The molecule has 12 heavy (non-hydrogen) atoms. The normalized spacial score (nSPS) is 14.1. The number of nitrogens with one attached hydrogen (secondary N) is 1. The molecular formula is C9H11ClN2. The Kier molecular flexibility index (Phi) is 2.38. The molecule has 2 rings (SSSR count). The summed E-state index contributed by atoms with van der Waals surface area (Å²) in [6.45, 7) is 0. The lowest BCUT2D eigenvalue weighted by atomic mass is 10.2. The van der Waals surface area contributed by atoms with Gasteiger partial charge in [0.25, 0.3) is 0 Å². The summed E-state index contributed by atoms with van der Waals surface area (Å²) in [6, 6.07) is 8.16.